The maximum Gasteiger partial charge on any atom is 0.258 e. The molecule has 4 rings (SSSR count). The molecule has 7 nitrogen and oxygen atoms in total. The molecule has 0 N–H and O–H groups in total. The number of ether oxygens (including phenoxy) is 2. The molecule has 2 aliphatic rings. The molecule has 2 aromatic rings. The first-order valence-corrected chi connectivity index (χ1v) is 9.77. The van der Waals surface area contributed by atoms with E-state index in [1.54, 1.807) is 0 Å². The minimum atomic E-state index is -0.0143. The summed E-state index contributed by atoms with van der Waals surface area (Å²) in [6.45, 7) is 6.64. The van der Waals surface area contributed by atoms with Gasteiger partial charge in [-0.1, -0.05) is 12.1 Å². The standard InChI is InChI=1S/C20H26N4O3/c1-2-27-19-18(21-16-7-3-4-8-17(16)22-19)24-9-5-6-15(14-24)20(25)23-10-12-26-13-11-23/h3-4,7-8,15H,2,5-6,9-14H2,1H3. The topological polar surface area (TPSA) is 67.8 Å². The Labute approximate surface area is 159 Å². The van der Waals surface area contributed by atoms with Crippen LogP contribution in [0.3, 0.4) is 0 Å². The van der Waals surface area contributed by atoms with Gasteiger partial charge in [-0.05, 0) is 31.9 Å². The zero-order valence-corrected chi connectivity index (χ0v) is 15.8. The highest BCUT2D eigenvalue weighted by Gasteiger charge is 2.32. The fraction of sp³-hybridized carbons (Fsp3) is 0.550. The number of aromatic nitrogens is 2. The summed E-state index contributed by atoms with van der Waals surface area (Å²) in [5, 5.41) is 0. The Hall–Kier alpha value is -2.41. The molecule has 0 saturated carbocycles. The van der Waals surface area contributed by atoms with Gasteiger partial charge < -0.3 is 19.3 Å². The molecule has 1 aromatic carbocycles. The number of benzene rings is 1. The Balaban J connectivity index is 1.58. The second-order valence-corrected chi connectivity index (χ2v) is 7.00. The third-order valence-electron chi connectivity index (χ3n) is 5.20. The molecule has 0 aliphatic carbocycles. The third-order valence-corrected chi connectivity index (χ3v) is 5.20. The van der Waals surface area contributed by atoms with E-state index in [4.69, 9.17) is 14.5 Å². The molecule has 0 bridgehead atoms. The van der Waals surface area contributed by atoms with Crippen LogP contribution in [0.4, 0.5) is 5.82 Å². The number of para-hydroxylation sites is 2. The molecule has 2 aliphatic heterocycles. The van der Waals surface area contributed by atoms with Crippen molar-refractivity contribution in [2.75, 3.05) is 50.9 Å². The van der Waals surface area contributed by atoms with Crippen LogP contribution in [-0.2, 0) is 9.53 Å². The van der Waals surface area contributed by atoms with Crippen molar-refractivity contribution in [3.05, 3.63) is 24.3 Å². The maximum atomic E-state index is 12.9. The number of carbonyl (C=O) groups is 1. The number of amides is 1. The van der Waals surface area contributed by atoms with E-state index < -0.39 is 0 Å². The van der Waals surface area contributed by atoms with E-state index in [1.807, 2.05) is 36.1 Å². The van der Waals surface area contributed by atoms with Gasteiger partial charge in [0.15, 0.2) is 5.82 Å². The van der Waals surface area contributed by atoms with Gasteiger partial charge in [0, 0.05) is 26.2 Å². The van der Waals surface area contributed by atoms with Crippen molar-refractivity contribution in [3.8, 4) is 5.88 Å². The molecule has 1 atom stereocenters. The molecular weight excluding hydrogens is 344 g/mol. The number of rotatable bonds is 4. The van der Waals surface area contributed by atoms with Gasteiger partial charge in [-0.3, -0.25) is 4.79 Å². The van der Waals surface area contributed by atoms with Crippen LogP contribution in [0.1, 0.15) is 19.8 Å². The summed E-state index contributed by atoms with van der Waals surface area (Å²) in [7, 11) is 0. The van der Waals surface area contributed by atoms with Crippen LogP contribution in [0.2, 0.25) is 0 Å². The summed E-state index contributed by atoms with van der Waals surface area (Å²) in [5.74, 6) is 1.51. The molecule has 0 radical (unpaired) electrons. The molecule has 3 heterocycles. The zero-order chi connectivity index (χ0) is 18.6. The van der Waals surface area contributed by atoms with Crippen molar-refractivity contribution in [1.82, 2.24) is 14.9 Å². The lowest BCUT2D eigenvalue weighted by atomic mass is 9.96. The first-order chi connectivity index (χ1) is 13.3. The highest BCUT2D eigenvalue weighted by Crippen LogP contribution is 2.31. The van der Waals surface area contributed by atoms with Gasteiger partial charge in [0.2, 0.25) is 5.91 Å². The number of hydrogen-bond donors (Lipinski definition) is 0. The number of morpholine rings is 1. The SMILES string of the molecule is CCOc1nc2ccccc2nc1N1CCCC(C(=O)N2CCOCC2)C1. The fourth-order valence-electron chi connectivity index (χ4n) is 3.83. The Kier molecular flexibility index (Phi) is 5.38. The van der Waals surface area contributed by atoms with Gasteiger partial charge in [-0.15, -0.1) is 0 Å². The molecule has 144 valence electrons. The highest BCUT2D eigenvalue weighted by molar-refractivity contribution is 5.81. The third kappa shape index (κ3) is 3.83. The summed E-state index contributed by atoms with van der Waals surface area (Å²) < 4.78 is 11.2. The quantitative estimate of drug-likeness (QED) is 0.821. The Morgan fingerprint density at radius 3 is 2.67 bits per heavy atom. The van der Waals surface area contributed by atoms with E-state index in [-0.39, 0.29) is 11.8 Å². The van der Waals surface area contributed by atoms with Crippen molar-refractivity contribution >= 4 is 22.8 Å². The number of carbonyl (C=O) groups excluding carboxylic acids is 1. The van der Waals surface area contributed by atoms with E-state index >= 15 is 0 Å². The van der Waals surface area contributed by atoms with Gasteiger partial charge >= 0.3 is 0 Å². The predicted molar refractivity (Wildman–Crippen MR) is 103 cm³/mol. The largest absolute Gasteiger partial charge is 0.475 e. The van der Waals surface area contributed by atoms with Gasteiger partial charge in [0.1, 0.15) is 0 Å². The van der Waals surface area contributed by atoms with E-state index in [0.29, 0.717) is 45.3 Å². The van der Waals surface area contributed by atoms with E-state index in [2.05, 4.69) is 9.88 Å². The lowest BCUT2D eigenvalue weighted by Gasteiger charge is -2.36. The van der Waals surface area contributed by atoms with Crippen molar-refractivity contribution in [1.29, 1.82) is 0 Å². The van der Waals surface area contributed by atoms with Crippen molar-refractivity contribution < 1.29 is 14.3 Å². The summed E-state index contributed by atoms with van der Waals surface area (Å²) in [6, 6.07) is 7.81. The number of fused-ring (bicyclic) bond motifs is 1. The van der Waals surface area contributed by atoms with Gasteiger partial charge in [0.25, 0.3) is 5.88 Å². The van der Waals surface area contributed by atoms with Gasteiger partial charge in [0.05, 0.1) is 36.8 Å². The second kappa shape index (κ2) is 8.08. The molecule has 7 heteroatoms. The molecule has 2 saturated heterocycles. The lowest BCUT2D eigenvalue weighted by molar-refractivity contribution is -0.139. The number of hydrogen-bond acceptors (Lipinski definition) is 6. The normalized spacial score (nSPS) is 20.7. The first-order valence-electron chi connectivity index (χ1n) is 9.77. The van der Waals surface area contributed by atoms with Crippen molar-refractivity contribution in [2.45, 2.75) is 19.8 Å². The molecule has 1 unspecified atom stereocenters. The van der Waals surface area contributed by atoms with Crippen LogP contribution >= 0.6 is 0 Å². The van der Waals surface area contributed by atoms with E-state index in [0.717, 1.165) is 36.2 Å². The molecular formula is C20H26N4O3. The van der Waals surface area contributed by atoms with Crippen molar-refractivity contribution in [3.63, 3.8) is 0 Å². The average Bonchev–Trinajstić information content (AvgIpc) is 2.73. The molecule has 2 fully saturated rings. The molecule has 1 amide bonds. The van der Waals surface area contributed by atoms with Gasteiger partial charge in [-0.2, -0.15) is 0 Å². The number of piperidine rings is 1. The Morgan fingerprint density at radius 2 is 1.93 bits per heavy atom. The monoisotopic (exact) mass is 370 g/mol. The average molecular weight is 370 g/mol. The smallest absolute Gasteiger partial charge is 0.258 e. The number of nitrogens with zero attached hydrogens (tertiary/aromatic N) is 4. The highest BCUT2D eigenvalue weighted by atomic mass is 16.5. The molecule has 27 heavy (non-hydrogen) atoms. The lowest BCUT2D eigenvalue weighted by Crippen LogP contribution is -2.48. The fourth-order valence-corrected chi connectivity index (χ4v) is 3.83. The van der Waals surface area contributed by atoms with Crippen LogP contribution in [0.5, 0.6) is 5.88 Å². The van der Waals surface area contributed by atoms with Gasteiger partial charge in [-0.25, -0.2) is 9.97 Å². The van der Waals surface area contributed by atoms with Crippen LogP contribution in [0, 0.1) is 5.92 Å². The summed E-state index contributed by atoms with van der Waals surface area (Å²) in [4.78, 5) is 26.5. The summed E-state index contributed by atoms with van der Waals surface area (Å²) in [5.41, 5.74) is 1.67. The predicted octanol–water partition coefficient (Wildman–Crippen LogP) is 2.10. The van der Waals surface area contributed by atoms with Crippen molar-refractivity contribution in [2.24, 2.45) is 5.92 Å². The Bertz CT molecular complexity index is 807. The minimum Gasteiger partial charge on any atom is -0.475 e. The van der Waals surface area contributed by atoms with Crippen LogP contribution < -0.4 is 9.64 Å². The van der Waals surface area contributed by atoms with Crippen LogP contribution in [0.25, 0.3) is 11.0 Å². The second-order valence-electron chi connectivity index (χ2n) is 7.00. The van der Waals surface area contributed by atoms with E-state index in [9.17, 15) is 4.79 Å². The zero-order valence-electron chi connectivity index (χ0n) is 15.8. The summed E-state index contributed by atoms with van der Waals surface area (Å²) in [6.07, 6.45) is 1.87. The van der Waals surface area contributed by atoms with Crippen LogP contribution in [-0.4, -0.2) is 66.8 Å². The number of anilines is 1. The first kappa shape index (κ1) is 18.0. The molecule has 0 spiro atoms. The van der Waals surface area contributed by atoms with E-state index in [1.165, 1.54) is 0 Å². The van der Waals surface area contributed by atoms with Crippen LogP contribution in [0.15, 0.2) is 24.3 Å². The minimum absolute atomic E-state index is 0.0143. The molecule has 1 aromatic heterocycles. The Morgan fingerprint density at radius 1 is 1.19 bits per heavy atom. The maximum absolute atomic E-state index is 12.9. The summed E-state index contributed by atoms with van der Waals surface area (Å²) >= 11 is 0.